The monoisotopic (exact) mass is 400 g/mol. The Morgan fingerprint density at radius 1 is 1.21 bits per heavy atom. The average molecular weight is 401 g/mol. The van der Waals surface area contributed by atoms with E-state index in [-0.39, 0.29) is 0 Å². The second kappa shape index (κ2) is 11.5. The Morgan fingerprint density at radius 3 is 2.79 bits per heavy atom. The summed E-state index contributed by atoms with van der Waals surface area (Å²) < 4.78 is 0. The number of hydrogen-bond donors (Lipinski definition) is 1. The summed E-state index contributed by atoms with van der Waals surface area (Å²) in [7, 11) is 2.33. The molecule has 0 bridgehead atoms. The Hall–Kier alpha value is -0.900. The van der Waals surface area contributed by atoms with E-state index in [1.54, 1.807) is 0 Å². The van der Waals surface area contributed by atoms with E-state index in [1.807, 2.05) is 0 Å². The summed E-state index contributed by atoms with van der Waals surface area (Å²) in [5.41, 5.74) is 1.77. The molecular formula is C26H44N2O. The van der Waals surface area contributed by atoms with Gasteiger partial charge in [0.15, 0.2) is 0 Å². The molecule has 3 aliphatic rings. The lowest BCUT2D eigenvalue weighted by Crippen LogP contribution is -2.36. The zero-order valence-electron chi connectivity index (χ0n) is 19.0. The van der Waals surface area contributed by atoms with Crippen molar-refractivity contribution in [3.8, 4) is 0 Å². The van der Waals surface area contributed by atoms with Gasteiger partial charge in [0.2, 0.25) is 0 Å². The van der Waals surface area contributed by atoms with Crippen molar-refractivity contribution in [3.63, 3.8) is 0 Å². The van der Waals surface area contributed by atoms with Crippen LogP contribution in [-0.2, 0) is 0 Å². The minimum absolute atomic E-state index is 0.323. The van der Waals surface area contributed by atoms with Gasteiger partial charge in [0.25, 0.3) is 0 Å². The quantitative estimate of drug-likeness (QED) is 0.556. The fraction of sp³-hybridized carbons (Fsp3) is 0.769. The van der Waals surface area contributed by atoms with Crippen molar-refractivity contribution in [1.29, 1.82) is 0 Å². The second-order valence-electron chi connectivity index (χ2n) is 9.92. The van der Waals surface area contributed by atoms with Crippen LogP contribution >= 0.6 is 0 Å². The van der Waals surface area contributed by atoms with Crippen molar-refractivity contribution in [2.75, 3.05) is 46.4 Å². The summed E-state index contributed by atoms with van der Waals surface area (Å²) in [6.45, 7) is 8.54. The van der Waals surface area contributed by atoms with E-state index in [1.165, 1.54) is 70.2 Å². The molecule has 3 rings (SSSR count). The lowest BCUT2D eigenvalue weighted by Gasteiger charge is -2.36. The van der Waals surface area contributed by atoms with Gasteiger partial charge in [0, 0.05) is 32.8 Å². The van der Waals surface area contributed by atoms with Crippen LogP contribution in [0, 0.1) is 17.3 Å². The first-order valence-electron chi connectivity index (χ1n) is 12.2. The van der Waals surface area contributed by atoms with Crippen molar-refractivity contribution in [1.82, 2.24) is 9.80 Å². The van der Waals surface area contributed by atoms with Gasteiger partial charge in [-0.15, -0.1) is 0 Å². The van der Waals surface area contributed by atoms with Crippen molar-refractivity contribution >= 4 is 0 Å². The third-order valence-electron chi connectivity index (χ3n) is 7.81. The molecule has 1 heterocycles. The number of allylic oxidation sites excluding steroid dienone is 4. The first kappa shape index (κ1) is 22.8. The molecule has 2 atom stereocenters. The summed E-state index contributed by atoms with van der Waals surface area (Å²) >= 11 is 0. The first-order valence-corrected chi connectivity index (χ1v) is 12.2. The van der Waals surface area contributed by atoms with E-state index >= 15 is 0 Å². The van der Waals surface area contributed by atoms with E-state index < -0.39 is 0 Å². The minimum atomic E-state index is 0.323. The first-order chi connectivity index (χ1) is 14.1. The highest BCUT2D eigenvalue weighted by Gasteiger charge is 2.44. The topological polar surface area (TPSA) is 26.7 Å². The standard InChI is InChI=1S/C26H44N2O/c1-3-26(16-17-27(2)19-23-11-9-6-10-12-23)22-28(21-25(26)15-18-29)20-24-13-7-4-5-8-14-24/h4,7-8,13-14,23,25,29H,3,5-6,9-12,15-22H2,1-2H3. The maximum atomic E-state index is 9.73. The molecule has 3 heteroatoms. The van der Waals surface area contributed by atoms with E-state index in [4.69, 9.17) is 0 Å². The molecule has 2 aliphatic carbocycles. The molecule has 0 radical (unpaired) electrons. The Kier molecular flexibility index (Phi) is 9.02. The van der Waals surface area contributed by atoms with Crippen LogP contribution in [0.3, 0.4) is 0 Å². The third-order valence-corrected chi connectivity index (χ3v) is 7.81. The van der Waals surface area contributed by atoms with Gasteiger partial charge < -0.3 is 10.0 Å². The summed E-state index contributed by atoms with van der Waals surface area (Å²) in [6, 6.07) is 0. The van der Waals surface area contributed by atoms with Crippen LogP contribution in [0.25, 0.3) is 0 Å². The molecular weight excluding hydrogens is 356 g/mol. The largest absolute Gasteiger partial charge is 0.396 e. The van der Waals surface area contributed by atoms with Crippen LogP contribution in [0.5, 0.6) is 0 Å². The van der Waals surface area contributed by atoms with Gasteiger partial charge >= 0.3 is 0 Å². The SMILES string of the molecule is CCC1(CCN(C)CC2CCCCC2)CN(CC2=CC=CCC=C2)CC1CCO. The molecule has 2 unspecified atom stereocenters. The summed E-state index contributed by atoms with van der Waals surface area (Å²) in [5, 5.41) is 9.73. The van der Waals surface area contributed by atoms with Gasteiger partial charge in [-0.25, -0.2) is 0 Å². The zero-order chi connectivity index (χ0) is 20.5. The van der Waals surface area contributed by atoms with E-state index in [2.05, 4.69) is 54.2 Å². The molecule has 29 heavy (non-hydrogen) atoms. The predicted molar refractivity (Wildman–Crippen MR) is 124 cm³/mol. The Morgan fingerprint density at radius 2 is 2.03 bits per heavy atom. The number of aliphatic hydroxyl groups excluding tert-OH is 1. The molecule has 1 N–H and O–H groups in total. The fourth-order valence-electron chi connectivity index (χ4n) is 5.98. The van der Waals surface area contributed by atoms with Crippen LogP contribution in [-0.4, -0.2) is 61.3 Å². The van der Waals surface area contributed by atoms with Crippen molar-refractivity contribution in [2.24, 2.45) is 17.3 Å². The Balaban J connectivity index is 1.58. The third kappa shape index (κ3) is 6.54. The van der Waals surface area contributed by atoms with Crippen LogP contribution in [0.2, 0.25) is 0 Å². The highest BCUT2D eigenvalue weighted by atomic mass is 16.3. The Bertz CT molecular complexity index is 575. The maximum absolute atomic E-state index is 9.73. The molecule has 0 spiro atoms. The average Bonchev–Trinajstić information content (AvgIpc) is 2.88. The summed E-state index contributed by atoms with van der Waals surface area (Å²) in [4.78, 5) is 5.26. The lowest BCUT2D eigenvalue weighted by atomic mass is 9.72. The predicted octanol–water partition coefficient (Wildman–Crippen LogP) is 5.04. The number of aliphatic hydroxyl groups is 1. The van der Waals surface area contributed by atoms with Gasteiger partial charge in [-0.05, 0) is 74.9 Å². The summed E-state index contributed by atoms with van der Waals surface area (Å²) in [6.07, 6.45) is 22.9. The molecule has 1 aliphatic heterocycles. The van der Waals surface area contributed by atoms with Gasteiger partial charge in [-0.1, -0.05) is 56.6 Å². The molecule has 3 nitrogen and oxygen atoms in total. The molecule has 0 aromatic carbocycles. The summed E-state index contributed by atoms with van der Waals surface area (Å²) in [5.74, 6) is 1.54. The van der Waals surface area contributed by atoms with E-state index in [0.717, 1.165) is 31.8 Å². The molecule has 1 saturated carbocycles. The van der Waals surface area contributed by atoms with Crippen LogP contribution in [0.4, 0.5) is 0 Å². The normalized spacial score (nSPS) is 28.8. The van der Waals surface area contributed by atoms with Crippen molar-refractivity contribution in [2.45, 2.75) is 64.7 Å². The van der Waals surface area contributed by atoms with E-state index in [0.29, 0.717) is 17.9 Å². The molecule has 0 aromatic heterocycles. The molecule has 0 amide bonds. The van der Waals surface area contributed by atoms with Gasteiger partial charge in [-0.2, -0.15) is 0 Å². The number of hydrogen-bond acceptors (Lipinski definition) is 3. The van der Waals surface area contributed by atoms with E-state index in [9.17, 15) is 5.11 Å². The van der Waals surface area contributed by atoms with Gasteiger partial charge in [0.05, 0.1) is 0 Å². The zero-order valence-corrected chi connectivity index (χ0v) is 19.0. The maximum Gasteiger partial charge on any atom is 0.0434 e. The van der Waals surface area contributed by atoms with Crippen molar-refractivity contribution in [3.05, 3.63) is 36.0 Å². The van der Waals surface area contributed by atoms with Gasteiger partial charge in [-0.3, -0.25) is 4.90 Å². The number of rotatable bonds is 10. The van der Waals surface area contributed by atoms with Crippen LogP contribution in [0.1, 0.15) is 64.7 Å². The fourth-order valence-corrected chi connectivity index (χ4v) is 5.98. The highest BCUT2D eigenvalue weighted by molar-refractivity contribution is 5.28. The Labute approximate surface area is 179 Å². The van der Waals surface area contributed by atoms with Gasteiger partial charge in [0.1, 0.15) is 0 Å². The van der Waals surface area contributed by atoms with Crippen LogP contribution < -0.4 is 0 Å². The van der Waals surface area contributed by atoms with Crippen molar-refractivity contribution < 1.29 is 5.11 Å². The smallest absolute Gasteiger partial charge is 0.0434 e. The second-order valence-corrected chi connectivity index (χ2v) is 9.92. The molecule has 2 fully saturated rings. The number of nitrogens with zero attached hydrogens (tertiary/aromatic N) is 2. The lowest BCUT2D eigenvalue weighted by molar-refractivity contribution is 0.126. The van der Waals surface area contributed by atoms with Crippen LogP contribution in [0.15, 0.2) is 36.0 Å². The molecule has 0 aromatic rings. The highest BCUT2D eigenvalue weighted by Crippen LogP contribution is 2.44. The number of likely N-dealkylation sites (tertiary alicyclic amines) is 1. The minimum Gasteiger partial charge on any atom is -0.396 e. The molecule has 1 saturated heterocycles. The molecule has 164 valence electrons.